The Morgan fingerprint density at radius 1 is 1.19 bits per heavy atom. The molecule has 1 saturated heterocycles. The Kier molecular flexibility index (Phi) is 7.51. The lowest BCUT2D eigenvalue weighted by molar-refractivity contribution is -0.137. The molecule has 1 aliphatic rings. The second kappa shape index (κ2) is 9.93. The Bertz CT molecular complexity index is 943. The van der Waals surface area contributed by atoms with Gasteiger partial charge in [-0.15, -0.1) is 11.8 Å². The minimum atomic E-state index is -4.65. The van der Waals surface area contributed by atoms with Crippen molar-refractivity contribution in [3.8, 4) is 0 Å². The molecular formula is C21H21ClF3N3O2S. The number of carbonyl (C=O) groups is 2. The molecule has 5 nitrogen and oxygen atoms in total. The molecule has 0 saturated carbocycles. The Labute approximate surface area is 187 Å². The number of hydrogen-bond donors (Lipinski definition) is 3. The third-order valence-corrected chi connectivity index (χ3v) is 6.12. The van der Waals surface area contributed by atoms with Crippen LogP contribution >= 0.6 is 23.4 Å². The topological polar surface area (TPSA) is 70.2 Å². The van der Waals surface area contributed by atoms with Crippen LogP contribution in [0.2, 0.25) is 5.02 Å². The fraction of sp³-hybridized carbons (Fsp3) is 0.333. The predicted molar refractivity (Wildman–Crippen MR) is 116 cm³/mol. The van der Waals surface area contributed by atoms with Gasteiger partial charge in [-0.25, -0.2) is 0 Å². The van der Waals surface area contributed by atoms with Gasteiger partial charge in [0.05, 0.1) is 22.9 Å². The van der Waals surface area contributed by atoms with Crippen LogP contribution in [0.15, 0.2) is 48.5 Å². The van der Waals surface area contributed by atoms with Crippen LogP contribution in [0.1, 0.15) is 18.1 Å². The summed E-state index contributed by atoms with van der Waals surface area (Å²) in [7, 11) is 0. The summed E-state index contributed by atoms with van der Waals surface area (Å²) in [6, 6.07) is 12.7. The fourth-order valence-electron chi connectivity index (χ4n) is 3.29. The first-order chi connectivity index (χ1) is 14.6. The van der Waals surface area contributed by atoms with Gasteiger partial charge in [-0.3, -0.25) is 14.9 Å². The van der Waals surface area contributed by atoms with Crippen molar-refractivity contribution in [2.45, 2.75) is 31.1 Å². The van der Waals surface area contributed by atoms with Gasteiger partial charge in [-0.05, 0) is 37.1 Å². The maximum atomic E-state index is 13.2. The second-order valence-electron chi connectivity index (χ2n) is 7.19. The molecule has 3 N–H and O–H groups in total. The molecule has 3 rings (SSSR count). The van der Waals surface area contributed by atoms with E-state index in [1.807, 2.05) is 37.3 Å². The Morgan fingerprint density at radius 3 is 2.55 bits per heavy atom. The minimum absolute atomic E-state index is 0.0761. The molecule has 31 heavy (non-hydrogen) atoms. The summed E-state index contributed by atoms with van der Waals surface area (Å²) < 4.78 is 39.5. The largest absolute Gasteiger partial charge is 0.418 e. The van der Waals surface area contributed by atoms with Crippen LogP contribution in [0.3, 0.4) is 0 Å². The smallest absolute Gasteiger partial charge is 0.331 e. The van der Waals surface area contributed by atoms with Crippen LogP contribution in [0.4, 0.5) is 18.9 Å². The average Bonchev–Trinajstić information content (AvgIpc) is 2.70. The molecule has 2 aromatic rings. The minimum Gasteiger partial charge on any atom is -0.331 e. The number of anilines is 1. The maximum absolute atomic E-state index is 13.2. The molecule has 0 aliphatic carbocycles. The maximum Gasteiger partial charge on any atom is 0.418 e. The van der Waals surface area contributed by atoms with Crippen LogP contribution in [0, 0.1) is 5.92 Å². The SMILES string of the molecule is CC1NC(SCC(=O)Nc2ccc(Cl)cc2C(F)(F)F)NC(=O)C1Cc1ccccc1. The summed E-state index contributed by atoms with van der Waals surface area (Å²) >= 11 is 6.74. The molecular weight excluding hydrogens is 451 g/mol. The number of amides is 2. The van der Waals surface area contributed by atoms with Crippen LogP contribution in [0.25, 0.3) is 0 Å². The first-order valence-electron chi connectivity index (χ1n) is 9.52. The molecule has 0 radical (unpaired) electrons. The number of nitrogens with one attached hydrogen (secondary N) is 3. The highest BCUT2D eigenvalue weighted by molar-refractivity contribution is 8.00. The lowest BCUT2D eigenvalue weighted by atomic mass is 9.91. The highest BCUT2D eigenvalue weighted by Crippen LogP contribution is 2.36. The van der Waals surface area contributed by atoms with Crippen LogP contribution in [-0.2, 0) is 22.2 Å². The lowest BCUT2D eigenvalue weighted by Gasteiger charge is -2.35. The first kappa shape index (κ1) is 23.4. The number of carbonyl (C=O) groups excluding carboxylic acids is 2. The normalized spacial score (nSPS) is 21.5. The highest BCUT2D eigenvalue weighted by Gasteiger charge is 2.35. The quantitative estimate of drug-likeness (QED) is 0.588. The van der Waals surface area contributed by atoms with E-state index in [9.17, 15) is 22.8 Å². The summed E-state index contributed by atoms with van der Waals surface area (Å²) in [6.45, 7) is 1.89. The van der Waals surface area contributed by atoms with Crippen molar-refractivity contribution in [3.05, 3.63) is 64.7 Å². The van der Waals surface area contributed by atoms with E-state index < -0.39 is 23.1 Å². The van der Waals surface area contributed by atoms with Crippen molar-refractivity contribution in [1.29, 1.82) is 0 Å². The number of alkyl halides is 3. The van der Waals surface area contributed by atoms with Gasteiger partial charge in [0.15, 0.2) is 0 Å². The first-order valence-corrected chi connectivity index (χ1v) is 10.9. The van der Waals surface area contributed by atoms with Crippen molar-refractivity contribution >= 4 is 40.9 Å². The molecule has 2 aromatic carbocycles. The third kappa shape index (κ3) is 6.38. The van der Waals surface area contributed by atoms with E-state index in [1.165, 1.54) is 6.07 Å². The van der Waals surface area contributed by atoms with E-state index in [0.29, 0.717) is 6.42 Å². The highest BCUT2D eigenvalue weighted by atomic mass is 35.5. The molecule has 166 valence electrons. The van der Waals surface area contributed by atoms with Crippen molar-refractivity contribution in [1.82, 2.24) is 10.6 Å². The van der Waals surface area contributed by atoms with E-state index in [4.69, 9.17) is 11.6 Å². The molecule has 3 atom stereocenters. The third-order valence-electron chi connectivity index (χ3n) is 4.87. The van der Waals surface area contributed by atoms with E-state index in [2.05, 4.69) is 16.0 Å². The number of thioether (sulfide) groups is 1. The van der Waals surface area contributed by atoms with Crippen molar-refractivity contribution in [3.63, 3.8) is 0 Å². The molecule has 1 heterocycles. The molecule has 0 aromatic heterocycles. The predicted octanol–water partition coefficient (Wildman–Crippen LogP) is 4.28. The number of benzene rings is 2. The summed E-state index contributed by atoms with van der Waals surface area (Å²) in [4.78, 5) is 24.8. The van der Waals surface area contributed by atoms with Gasteiger partial charge in [0.2, 0.25) is 11.8 Å². The Morgan fingerprint density at radius 2 is 1.90 bits per heavy atom. The molecule has 0 spiro atoms. The Hall–Kier alpha value is -2.23. The van der Waals surface area contributed by atoms with Crippen molar-refractivity contribution < 1.29 is 22.8 Å². The second-order valence-corrected chi connectivity index (χ2v) is 8.72. The summed E-state index contributed by atoms with van der Waals surface area (Å²) in [5.41, 5.74) is -0.850. The zero-order chi connectivity index (χ0) is 22.6. The van der Waals surface area contributed by atoms with Gasteiger partial charge in [0.25, 0.3) is 0 Å². The molecule has 2 amide bonds. The van der Waals surface area contributed by atoms with Gasteiger partial charge >= 0.3 is 6.18 Å². The van der Waals surface area contributed by atoms with Crippen molar-refractivity contribution in [2.24, 2.45) is 5.92 Å². The van der Waals surface area contributed by atoms with Gasteiger partial charge in [-0.2, -0.15) is 13.2 Å². The Balaban J connectivity index is 1.54. The molecule has 1 aliphatic heterocycles. The number of hydrogen-bond acceptors (Lipinski definition) is 4. The molecule has 1 fully saturated rings. The molecule has 3 unspecified atom stereocenters. The van der Waals surface area contributed by atoms with Gasteiger partial charge < -0.3 is 10.6 Å². The lowest BCUT2D eigenvalue weighted by Crippen LogP contribution is -2.59. The van der Waals surface area contributed by atoms with E-state index in [0.717, 1.165) is 29.5 Å². The standard InChI is InChI=1S/C21H21ClF3N3O2S/c1-12-15(9-13-5-3-2-4-6-13)19(30)28-20(26-12)31-11-18(29)27-17-8-7-14(22)10-16(17)21(23,24)25/h2-8,10,12,15,20,26H,9,11H2,1H3,(H,27,29)(H,28,30). The van der Waals surface area contributed by atoms with Crippen LogP contribution < -0.4 is 16.0 Å². The zero-order valence-corrected chi connectivity index (χ0v) is 18.1. The van der Waals surface area contributed by atoms with Gasteiger partial charge in [0, 0.05) is 11.1 Å². The zero-order valence-electron chi connectivity index (χ0n) is 16.5. The van der Waals surface area contributed by atoms with Gasteiger partial charge in [0.1, 0.15) is 5.50 Å². The number of halogens is 4. The van der Waals surface area contributed by atoms with Gasteiger partial charge in [-0.1, -0.05) is 41.9 Å². The van der Waals surface area contributed by atoms with Crippen LogP contribution in [0.5, 0.6) is 0 Å². The summed E-state index contributed by atoms with van der Waals surface area (Å²) in [5, 5.41) is 8.24. The average molecular weight is 472 g/mol. The monoisotopic (exact) mass is 471 g/mol. The van der Waals surface area contributed by atoms with Crippen molar-refractivity contribution in [2.75, 3.05) is 11.1 Å². The fourth-order valence-corrected chi connectivity index (χ4v) is 4.37. The van der Waals surface area contributed by atoms with E-state index >= 15 is 0 Å². The van der Waals surface area contributed by atoms with E-state index in [-0.39, 0.29) is 34.3 Å². The van der Waals surface area contributed by atoms with Crippen LogP contribution in [-0.4, -0.2) is 29.1 Å². The number of rotatable bonds is 6. The molecule has 0 bridgehead atoms. The summed E-state index contributed by atoms with van der Waals surface area (Å²) in [5.74, 6) is -1.16. The van der Waals surface area contributed by atoms with E-state index in [1.54, 1.807) is 0 Å². The summed E-state index contributed by atoms with van der Waals surface area (Å²) in [6.07, 6.45) is -4.07. The molecule has 10 heteroatoms.